The highest BCUT2D eigenvalue weighted by Crippen LogP contribution is 2.36. The zero-order valence-corrected chi connectivity index (χ0v) is 22.8. The number of anilines is 4. The summed E-state index contributed by atoms with van der Waals surface area (Å²) in [5.74, 6) is 1.30. The molecule has 0 radical (unpaired) electrons. The summed E-state index contributed by atoms with van der Waals surface area (Å²) in [6.07, 6.45) is 0. The molecule has 11 heteroatoms. The fourth-order valence-corrected chi connectivity index (χ4v) is 4.34. The maximum absolute atomic E-state index is 12.7. The molecule has 0 fully saturated rings. The summed E-state index contributed by atoms with van der Waals surface area (Å²) < 4.78 is 10.7. The van der Waals surface area contributed by atoms with Gasteiger partial charge in [0.1, 0.15) is 16.4 Å². The molecule has 0 bridgehead atoms. The first kappa shape index (κ1) is 27.3. The molecule has 0 saturated carbocycles. The van der Waals surface area contributed by atoms with Gasteiger partial charge in [-0.3, -0.25) is 4.79 Å². The van der Waals surface area contributed by atoms with Gasteiger partial charge in [0, 0.05) is 22.5 Å². The second kappa shape index (κ2) is 12.7. The number of ether oxygens (including phenoxy) is 1. The molecule has 0 aliphatic rings. The van der Waals surface area contributed by atoms with Crippen molar-refractivity contribution < 1.29 is 14.1 Å². The van der Waals surface area contributed by atoms with Gasteiger partial charge in [0.25, 0.3) is 11.8 Å². The summed E-state index contributed by atoms with van der Waals surface area (Å²) in [5.41, 5.74) is 9.76. The monoisotopic (exact) mass is 543 g/mol. The van der Waals surface area contributed by atoms with Crippen LogP contribution in [0.4, 0.5) is 22.3 Å². The number of para-hydroxylation sites is 1. The van der Waals surface area contributed by atoms with Gasteiger partial charge in [-0.25, -0.2) is 4.98 Å². The molecule has 10 nitrogen and oxygen atoms in total. The van der Waals surface area contributed by atoms with Crippen LogP contribution in [0.1, 0.15) is 15.9 Å². The van der Waals surface area contributed by atoms with E-state index < -0.39 is 0 Å². The van der Waals surface area contributed by atoms with Gasteiger partial charge in [0.05, 0.1) is 7.11 Å². The van der Waals surface area contributed by atoms with E-state index in [-0.39, 0.29) is 11.8 Å². The molecule has 5 N–H and O–H groups in total. The van der Waals surface area contributed by atoms with Crippen LogP contribution in [0.25, 0.3) is 22.2 Å². The Balaban J connectivity index is 0.00000112. The fourth-order valence-electron chi connectivity index (χ4n) is 3.52. The van der Waals surface area contributed by atoms with Crippen LogP contribution in [0, 0.1) is 6.92 Å². The average Bonchev–Trinajstić information content (AvgIpc) is 3.57. The molecular formula is C28H29N7O3S. The van der Waals surface area contributed by atoms with Crippen molar-refractivity contribution in [2.24, 2.45) is 0 Å². The SMILES string of the molecule is CNC.COc1cccc(C(=O)Nc2ccc(C)c(-c3noc(-c4sc(Nc5ccccc5)nc4N)n3)c2)c1. The summed E-state index contributed by atoms with van der Waals surface area (Å²) in [7, 11) is 5.31. The molecule has 2 heterocycles. The third kappa shape index (κ3) is 6.78. The fraction of sp³-hybridized carbons (Fsp3) is 0.143. The first-order chi connectivity index (χ1) is 18.9. The van der Waals surface area contributed by atoms with E-state index in [1.807, 2.05) is 63.5 Å². The largest absolute Gasteiger partial charge is 0.497 e. The number of benzene rings is 3. The molecule has 0 unspecified atom stereocenters. The molecule has 0 aliphatic carbocycles. The summed E-state index contributed by atoms with van der Waals surface area (Å²) >= 11 is 1.32. The Bertz CT molecular complexity index is 1550. The zero-order valence-electron chi connectivity index (χ0n) is 22.0. The Morgan fingerprint density at radius 2 is 1.74 bits per heavy atom. The Morgan fingerprint density at radius 1 is 0.974 bits per heavy atom. The van der Waals surface area contributed by atoms with E-state index in [9.17, 15) is 4.79 Å². The average molecular weight is 544 g/mol. The van der Waals surface area contributed by atoms with E-state index in [2.05, 4.69) is 31.1 Å². The highest BCUT2D eigenvalue weighted by molar-refractivity contribution is 7.19. The number of nitrogens with one attached hydrogen (secondary N) is 3. The third-order valence-electron chi connectivity index (χ3n) is 5.37. The number of aromatic nitrogens is 3. The number of hydrogen-bond acceptors (Lipinski definition) is 10. The molecular weight excluding hydrogens is 514 g/mol. The smallest absolute Gasteiger partial charge is 0.272 e. The Morgan fingerprint density at radius 3 is 2.49 bits per heavy atom. The van der Waals surface area contributed by atoms with E-state index in [0.717, 1.165) is 16.8 Å². The van der Waals surface area contributed by atoms with E-state index in [1.165, 1.54) is 11.3 Å². The maximum Gasteiger partial charge on any atom is 0.272 e. The molecule has 3 aromatic carbocycles. The van der Waals surface area contributed by atoms with Crippen molar-refractivity contribution >= 4 is 39.6 Å². The molecule has 5 aromatic rings. The van der Waals surface area contributed by atoms with Crippen LogP contribution < -0.4 is 26.4 Å². The van der Waals surface area contributed by atoms with Gasteiger partial charge in [-0.05, 0) is 69.0 Å². The molecule has 0 saturated heterocycles. The number of methoxy groups -OCH3 is 1. The van der Waals surface area contributed by atoms with Crippen molar-refractivity contribution in [3.05, 3.63) is 83.9 Å². The minimum atomic E-state index is -0.256. The molecule has 2 aromatic heterocycles. The quantitative estimate of drug-likeness (QED) is 0.207. The lowest BCUT2D eigenvalue weighted by Crippen LogP contribution is -2.12. The number of aryl methyl sites for hydroxylation is 1. The number of thiazole rings is 1. The number of hydrogen-bond donors (Lipinski definition) is 4. The van der Waals surface area contributed by atoms with Gasteiger partial charge < -0.3 is 30.9 Å². The summed E-state index contributed by atoms with van der Waals surface area (Å²) in [4.78, 5) is 22.2. The number of carbonyl (C=O) groups excluding carboxylic acids is 1. The molecule has 200 valence electrons. The maximum atomic E-state index is 12.7. The number of carbonyl (C=O) groups is 1. The second-order valence-electron chi connectivity index (χ2n) is 8.36. The van der Waals surface area contributed by atoms with Gasteiger partial charge in [0.2, 0.25) is 5.82 Å². The Kier molecular flexibility index (Phi) is 8.87. The number of rotatable bonds is 7. The highest BCUT2D eigenvalue weighted by Gasteiger charge is 2.19. The highest BCUT2D eigenvalue weighted by atomic mass is 32.1. The minimum Gasteiger partial charge on any atom is -0.497 e. The number of nitrogens with two attached hydrogens (primary N) is 1. The predicted molar refractivity (Wildman–Crippen MR) is 156 cm³/mol. The van der Waals surface area contributed by atoms with Crippen molar-refractivity contribution in [1.29, 1.82) is 0 Å². The van der Waals surface area contributed by atoms with Gasteiger partial charge >= 0.3 is 0 Å². The van der Waals surface area contributed by atoms with Crippen LogP contribution in [0.15, 0.2) is 77.3 Å². The Hall–Kier alpha value is -4.74. The van der Waals surface area contributed by atoms with Crippen LogP contribution >= 0.6 is 11.3 Å². The Labute approximate surface area is 230 Å². The van der Waals surface area contributed by atoms with Crippen LogP contribution in [0.5, 0.6) is 5.75 Å². The second-order valence-corrected chi connectivity index (χ2v) is 9.36. The van der Waals surface area contributed by atoms with E-state index in [0.29, 0.717) is 38.7 Å². The molecule has 0 atom stereocenters. The van der Waals surface area contributed by atoms with E-state index in [1.54, 1.807) is 37.4 Å². The summed E-state index contributed by atoms with van der Waals surface area (Å²) in [5, 5.41) is 13.6. The molecule has 39 heavy (non-hydrogen) atoms. The van der Waals surface area contributed by atoms with Crippen LogP contribution in [-0.2, 0) is 0 Å². The van der Waals surface area contributed by atoms with Crippen molar-refractivity contribution in [3.8, 4) is 27.9 Å². The zero-order chi connectivity index (χ0) is 27.8. The third-order valence-corrected chi connectivity index (χ3v) is 6.34. The first-order valence-electron chi connectivity index (χ1n) is 12.0. The lowest BCUT2D eigenvalue weighted by atomic mass is 10.1. The first-order valence-corrected chi connectivity index (χ1v) is 12.8. The summed E-state index contributed by atoms with van der Waals surface area (Å²) in [6.45, 7) is 1.93. The van der Waals surface area contributed by atoms with Crippen molar-refractivity contribution in [3.63, 3.8) is 0 Å². The lowest BCUT2D eigenvalue weighted by Gasteiger charge is -2.09. The normalized spacial score (nSPS) is 10.4. The van der Waals surface area contributed by atoms with Gasteiger partial charge in [-0.1, -0.05) is 46.8 Å². The van der Waals surface area contributed by atoms with Gasteiger partial charge in [0.15, 0.2) is 5.13 Å². The summed E-state index contributed by atoms with van der Waals surface area (Å²) in [6, 6.07) is 22.1. The predicted octanol–water partition coefficient (Wildman–Crippen LogP) is 5.59. The van der Waals surface area contributed by atoms with Crippen molar-refractivity contribution in [1.82, 2.24) is 20.4 Å². The van der Waals surface area contributed by atoms with E-state index in [4.69, 9.17) is 15.0 Å². The number of amides is 1. The van der Waals surface area contributed by atoms with Gasteiger partial charge in [-0.2, -0.15) is 4.98 Å². The van der Waals surface area contributed by atoms with Crippen molar-refractivity contribution in [2.45, 2.75) is 6.92 Å². The van der Waals surface area contributed by atoms with Crippen LogP contribution in [0.3, 0.4) is 0 Å². The molecule has 0 aliphatic heterocycles. The molecule has 5 rings (SSSR count). The molecule has 0 spiro atoms. The van der Waals surface area contributed by atoms with Crippen LogP contribution in [-0.4, -0.2) is 42.2 Å². The van der Waals surface area contributed by atoms with Gasteiger partial charge in [-0.15, -0.1) is 0 Å². The lowest BCUT2D eigenvalue weighted by molar-refractivity contribution is 0.102. The standard InChI is InChI=1S/C26H22N6O3S.C2H7N/c1-15-11-12-18(28-24(33)16-7-6-10-19(13-16)34-2)14-20(15)23-31-25(35-32-23)21-22(27)30-26(36-21)29-17-8-4-3-5-9-17;1-3-2/h3-14H,27H2,1-2H3,(H,28,33)(H,29,30);3H,1-2H3. The van der Waals surface area contributed by atoms with Crippen LogP contribution in [0.2, 0.25) is 0 Å². The minimum absolute atomic E-state index is 0.256. The van der Waals surface area contributed by atoms with Crippen molar-refractivity contribution in [2.75, 3.05) is 37.6 Å². The number of nitrogens with zero attached hydrogens (tertiary/aromatic N) is 3. The topological polar surface area (TPSA) is 140 Å². The number of nitrogen functional groups attached to an aromatic ring is 1. The molecule has 1 amide bonds. The van der Waals surface area contributed by atoms with E-state index >= 15 is 0 Å².